The minimum absolute atomic E-state index is 0.0649. The minimum atomic E-state index is -0.472. The predicted octanol–water partition coefficient (Wildman–Crippen LogP) is 4.63. The van der Waals surface area contributed by atoms with Crippen LogP contribution in [0.5, 0.6) is 11.5 Å². The number of nitrogens with zero attached hydrogens (tertiary/aromatic N) is 2. The Labute approximate surface area is 178 Å². The van der Waals surface area contributed by atoms with Crippen LogP contribution in [0.25, 0.3) is 11.3 Å². The lowest BCUT2D eigenvalue weighted by Crippen LogP contribution is -2.03. The van der Waals surface area contributed by atoms with Gasteiger partial charge < -0.3 is 14.2 Å². The first-order chi connectivity index (χ1) is 14.5. The van der Waals surface area contributed by atoms with Crippen LogP contribution in [0.15, 0.2) is 48.7 Å². The number of halogens is 2. The molecule has 2 aromatic carbocycles. The number of hydrogen-bond donors (Lipinski definition) is 0. The Hall–Kier alpha value is -3.19. The van der Waals surface area contributed by atoms with Crippen molar-refractivity contribution in [3.63, 3.8) is 0 Å². The third-order valence-corrected chi connectivity index (χ3v) is 4.60. The molecule has 0 saturated carbocycles. The van der Waals surface area contributed by atoms with E-state index in [1.807, 2.05) is 18.2 Å². The molecule has 1 heterocycles. The Balaban J connectivity index is 1.69. The summed E-state index contributed by atoms with van der Waals surface area (Å²) in [4.78, 5) is 19.8. The molecular weight excluding hydrogens is 411 g/mol. The highest BCUT2D eigenvalue weighted by molar-refractivity contribution is 6.31. The van der Waals surface area contributed by atoms with Gasteiger partial charge in [-0.05, 0) is 42.3 Å². The first-order valence-corrected chi connectivity index (χ1v) is 9.52. The Morgan fingerprint density at radius 3 is 2.70 bits per heavy atom. The lowest BCUT2D eigenvalue weighted by atomic mass is 10.1. The Bertz CT molecular complexity index is 1050. The maximum Gasteiger partial charge on any atom is 0.305 e. The van der Waals surface area contributed by atoms with Gasteiger partial charge in [-0.3, -0.25) is 9.78 Å². The van der Waals surface area contributed by atoms with Gasteiger partial charge in [0.2, 0.25) is 0 Å². The van der Waals surface area contributed by atoms with Gasteiger partial charge in [0, 0.05) is 12.0 Å². The molecular formula is C22H20ClFN2O4. The minimum Gasteiger partial charge on any atom is -0.497 e. The molecule has 0 spiro atoms. The fourth-order valence-electron chi connectivity index (χ4n) is 2.76. The van der Waals surface area contributed by atoms with E-state index in [2.05, 4.69) is 14.7 Å². The predicted molar refractivity (Wildman–Crippen MR) is 110 cm³/mol. The largest absolute Gasteiger partial charge is 0.497 e. The lowest BCUT2D eigenvalue weighted by molar-refractivity contribution is -0.140. The summed E-state index contributed by atoms with van der Waals surface area (Å²) in [6.45, 7) is 0.133. The highest BCUT2D eigenvalue weighted by Gasteiger charge is 2.14. The van der Waals surface area contributed by atoms with E-state index >= 15 is 0 Å². The van der Waals surface area contributed by atoms with Crippen molar-refractivity contribution in [2.75, 3.05) is 14.2 Å². The van der Waals surface area contributed by atoms with Gasteiger partial charge in [0.05, 0.1) is 26.1 Å². The number of ether oxygens (including phenoxy) is 3. The molecule has 0 saturated heterocycles. The van der Waals surface area contributed by atoms with Crippen molar-refractivity contribution in [2.24, 2.45) is 0 Å². The van der Waals surface area contributed by atoms with Crippen molar-refractivity contribution in [3.05, 3.63) is 70.9 Å². The van der Waals surface area contributed by atoms with Crippen molar-refractivity contribution < 1.29 is 23.4 Å². The third kappa shape index (κ3) is 5.45. The summed E-state index contributed by atoms with van der Waals surface area (Å²) in [7, 11) is 2.86. The van der Waals surface area contributed by atoms with Gasteiger partial charge >= 0.3 is 5.97 Å². The first-order valence-electron chi connectivity index (χ1n) is 9.14. The zero-order valence-corrected chi connectivity index (χ0v) is 17.3. The molecule has 0 aliphatic rings. The van der Waals surface area contributed by atoms with Crippen LogP contribution in [-0.2, 0) is 22.6 Å². The molecule has 3 aromatic rings. The molecule has 0 aliphatic carbocycles. The summed E-state index contributed by atoms with van der Waals surface area (Å²) < 4.78 is 29.7. The van der Waals surface area contributed by atoms with E-state index in [1.165, 1.54) is 38.6 Å². The van der Waals surface area contributed by atoms with Crippen molar-refractivity contribution in [2.45, 2.75) is 19.4 Å². The molecule has 0 aliphatic heterocycles. The van der Waals surface area contributed by atoms with Gasteiger partial charge in [-0.2, -0.15) is 0 Å². The van der Waals surface area contributed by atoms with E-state index in [9.17, 15) is 9.18 Å². The van der Waals surface area contributed by atoms with E-state index in [-0.39, 0.29) is 29.0 Å². The standard InChI is InChI=1S/C22H20ClFN2O4/c1-28-16-7-8-19(24)18(11-16)21-22(23)26-15(12-25-21)13-30-17-5-3-4-14(10-17)6-9-20(27)29-2/h3-5,7-8,10-12H,6,9,13H2,1-2H3. The number of carbonyl (C=O) groups excluding carboxylic acids is 1. The molecule has 6 nitrogen and oxygen atoms in total. The van der Waals surface area contributed by atoms with Crippen LogP contribution in [0, 0.1) is 5.82 Å². The van der Waals surface area contributed by atoms with Crippen LogP contribution in [0.1, 0.15) is 17.7 Å². The van der Waals surface area contributed by atoms with E-state index in [0.29, 0.717) is 30.0 Å². The molecule has 0 amide bonds. The van der Waals surface area contributed by atoms with Crippen molar-refractivity contribution >= 4 is 17.6 Å². The normalized spacial score (nSPS) is 10.5. The van der Waals surface area contributed by atoms with Gasteiger partial charge in [-0.1, -0.05) is 23.7 Å². The molecule has 0 radical (unpaired) electrons. The summed E-state index contributed by atoms with van der Waals surface area (Å²) in [6, 6.07) is 11.7. The van der Waals surface area contributed by atoms with Crippen LogP contribution in [0.3, 0.4) is 0 Å². The lowest BCUT2D eigenvalue weighted by Gasteiger charge is -2.10. The van der Waals surface area contributed by atoms with E-state index in [0.717, 1.165) is 5.56 Å². The topological polar surface area (TPSA) is 70.5 Å². The molecule has 0 fully saturated rings. The number of carbonyl (C=O) groups is 1. The fourth-order valence-corrected chi connectivity index (χ4v) is 3.02. The van der Waals surface area contributed by atoms with Crippen LogP contribution in [-0.4, -0.2) is 30.2 Å². The van der Waals surface area contributed by atoms with Crippen LogP contribution in [0.2, 0.25) is 5.15 Å². The summed E-state index contributed by atoms with van der Waals surface area (Å²) >= 11 is 6.24. The second kappa shape index (κ2) is 10.0. The summed E-state index contributed by atoms with van der Waals surface area (Å²) in [5.41, 5.74) is 1.87. The number of hydrogen-bond acceptors (Lipinski definition) is 6. The molecule has 3 rings (SSSR count). The second-order valence-corrected chi connectivity index (χ2v) is 6.72. The van der Waals surface area contributed by atoms with Crippen molar-refractivity contribution in [1.82, 2.24) is 9.97 Å². The molecule has 1 aromatic heterocycles. The number of aromatic nitrogens is 2. The maximum atomic E-state index is 14.2. The average Bonchev–Trinajstić information content (AvgIpc) is 2.77. The molecule has 156 valence electrons. The Morgan fingerprint density at radius 1 is 1.13 bits per heavy atom. The van der Waals surface area contributed by atoms with Gasteiger partial charge in [0.25, 0.3) is 0 Å². The smallest absolute Gasteiger partial charge is 0.305 e. The van der Waals surface area contributed by atoms with E-state index in [4.69, 9.17) is 21.1 Å². The Morgan fingerprint density at radius 2 is 1.97 bits per heavy atom. The zero-order chi connectivity index (χ0) is 21.5. The maximum absolute atomic E-state index is 14.2. The highest BCUT2D eigenvalue weighted by atomic mass is 35.5. The second-order valence-electron chi connectivity index (χ2n) is 6.36. The van der Waals surface area contributed by atoms with Gasteiger partial charge in [0.15, 0.2) is 5.15 Å². The first kappa shape index (κ1) is 21.5. The third-order valence-electron chi connectivity index (χ3n) is 4.34. The number of aryl methyl sites for hydroxylation is 1. The molecule has 0 N–H and O–H groups in total. The average molecular weight is 431 g/mol. The quantitative estimate of drug-likeness (QED) is 0.485. The number of methoxy groups -OCH3 is 2. The molecule has 0 bridgehead atoms. The zero-order valence-electron chi connectivity index (χ0n) is 16.5. The Kier molecular flexibility index (Phi) is 7.19. The SMILES string of the molecule is COC(=O)CCc1cccc(OCc2cnc(-c3cc(OC)ccc3F)c(Cl)n2)c1. The number of rotatable bonds is 8. The molecule has 8 heteroatoms. The van der Waals surface area contributed by atoms with Crippen LogP contribution >= 0.6 is 11.6 Å². The molecule has 0 unspecified atom stereocenters. The van der Waals surface area contributed by atoms with E-state index in [1.54, 1.807) is 6.07 Å². The van der Waals surface area contributed by atoms with Gasteiger partial charge in [-0.15, -0.1) is 0 Å². The summed E-state index contributed by atoms with van der Waals surface area (Å²) in [5.74, 6) is 0.375. The fraction of sp³-hybridized carbons (Fsp3) is 0.227. The molecule has 0 atom stereocenters. The van der Waals surface area contributed by atoms with Crippen molar-refractivity contribution in [3.8, 4) is 22.8 Å². The van der Waals surface area contributed by atoms with Crippen LogP contribution < -0.4 is 9.47 Å². The van der Waals surface area contributed by atoms with Gasteiger partial charge in [-0.25, -0.2) is 9.37 Å². The van der Waals surface area contributed by atoms with E-state index < -0.39 is 5.82 Å². The number of benzene rings is 2. The molecule has 30 heavy (non-hydrogen) atoms. The summed E-state index contributed by atoms with van der Waals surface area (Å²) in [6.07, 6.45) is 2.33. The summed E-state index contributed by atoms with van der Waals surface area (Å²) in [5, 5.41) is 0.0649. The van der Waals surface area contributed by atoms with Gasteiger partial charge in [0.1, 0.15) is 29.6 Å². The van der Waals surface area contributed by atoms with Crippen molar-refractivity contribution in [1.29, 1.82) is 0 Å². The van der Waals surface area contributed by atoms with Crippen LogP contribution in [0.4, 0.5) is 4.39 Å². The highest BCUT2D eigenvalue weighted by Crippen LogP contribution is 2.30. The number of esters is 1. The monoisotopic (exact) mass is 430 g/mol.